The summed E-state index contributed by atoms with van der Waals surface area (Å²) in [6.07, 6.45) is 19.5. The third-order valence-electron chi connectivity index (χ3n) is 5.30. The fourth-order valence-electron chi connectivity index (χ4n) is 3.31. The molecule has 5 heteroatoms. The van der Waals surface area contributed by atoms with Crippen molar-refractivity contribution in [3.63, 3.8) is 0 Å². The van der Waals surface area contributed by atoms with Gasteiger partial charge in [0, 0.05) is 6.61 Å². The first-order chi connectivity index (χ1) is 14.3. The highest BCUT2D eigenvalue weighted by molar-refractivity contribution is 7.39. The van der Waals surface area contributed by atoms with E-state index in [9.17, 15) is 4.57 Å². The van der Waals surface area contributed by atoms with Gasteiger partial charge >= 0.3 is 8.03 Å². The Morgan fingerprint density at radius 3 is 1.70 bits per heavy atom. The Labute approximate surface area is 189 Å². The molecule has 1 unspecified atom stereocenters. The fourth-order valence-corrected chi connectivity index (χ4v) is 4.14. The number of ether oxygens (including phenoxy) is 1. The molecule has 0 heterocycles. The van der Waals surface area contributed by atoms with E-state index in [1.54, 1.807) is 0 Å². The zero-order valence-corrected chi connectivity index (χ0v) is 21.7. The topological polar surface area (TPSA) is 35.5 Å². The van der Waals surface area contributed by atoms with Crippen molar-refractivity contribution in [1.82, 2.24) is 0 Å². The van der Waals surface area contributed by atoms with Gasteiger partial charge in [0.1, 0.15) is 6.54 Å². The molecule has 0 saturated heterocycles. The van der Waals surface area contributed by atoms with Gasteiger partial charge in [0.05, 0.1) is 27.7 Å². The summed E-state index contributed by atoms with van der Waals surface area (Å²) in [5.41, 5.74) is 0.867. The van der Waals surface area contributed by atoms with Crippen LogP contribution in [0.4, 0.5) is 0 Å². The van der Waals surface area contributed by atoms with E-state index in [2.05, 4.69) is 34.6 Å². The van der Waals surface area contributed by atoms with E-state index in [1.807, 2.05) is 0 Å². The average molecular weight is 446 g/mol. The molecule has 0 aromatic rings. The Kier molecular flexibility index (Phi) is 20.4. The maximum Gasteiger partial charge on any atom is 0.512 e. The number of hydrogen-bond donors (Lipinski definition) is 0. The number of quaternary nitrogens is 1. The summed E-state index contributed by atoms with van der Waals surface area (Å²) >= 11 is 0. The molecule has 178 valence electrons. The minimum Gasteiger partial charge on any atom is -0.377 e. The maximum atomic E-state index is 11.9. The quantitative estimate of drug-likeness (QED) is 0.0706. The van der Waals surface area contributed by atoms with Gasteiger partial charge in [0.2, 0.25) is 6.16 Å². The van der Waals surface area contributed by atoms with E-state index >= 15 is 0 Å². The lowest BCUT2D eigenvalue weighted by Crippen LogP contribution is -2.37. The number of unbranched alkanes of at least 4 members (excludes halogenated alkanes) is 13. The molecule has 0 N–H and O–H groups in total. The second-order valence-corrected chi connectivity index (χ2v) is 11.0. The van der Waals surface area contributed by atoms with Crippen LogP contribution in [0.5, 0.6) is 0 Å². The lowest BCUT2D eigenvalue weighted by Gasteiger charge is -2.21. The summed E-state index contributed by atoms with van der Waals surface area (Å²) in [5, 5.41) is 0. The molecule has 0 radical (unpaired) electrons. The van der Waals surface area contributed by atoms with Crippen LogP contribution in [0.2, 0.25) is 0 Å². The van der Waals surface area contributed by atoms with Crippen LogP contribution in [0, 0.1) is 0 Å². The molecule has 0 aromatic carbocycles. The molecule has 4 nitrogen and oxygen atoms in total. The molecule has 1 atom stereocenters. The molecule has 30 heavy (non-hydrogen) atoms. The van der Waals surface area contributed by atoms with E-state index in [4.69, 9.17) is 9.26 Å². The Morgan fingerprint density at radius 2 is 1.23 bits per heavy atom. The Balaban J connectivity index is 3.30. The molecule has 0 aromatic heterocycles. The van der Waals surface area contributed by atoms with Crippen LogP contribution in [0.1, 0.15) is 96.8 Å². The van der Waals surface area contributed by atoms with E-state index in [1.165, 1.54) is 83.5 Å². The second kappa shape index (κ2) is 20.6. The number of rotatable bonds is 23. The van der Waals surface area contributed by atoms with E-state index in [0.717, 1.165) is 29.6 Å². The Bertz CT molecular complexity index is 421. The van der Waals surface area contributed by atoms with Crippen LogP contribution in [-0.2, 0) is 13.8 Å². The number of hydrogen-bond acceptors (Lipinski definition) is 3. The molecule has 0 fully saturated rings. The fraction of sp³-hybridized carbons (Fsp3) is 0.920. The highest BCUT2D eigenvalue weighted by Gasteiger charge is 2.21. The standard InChI is InChI=1S/C25H52NO3P/c1-6-7-8-9-10-11-12-13-14-15-16-17-18-19-21-28-23-25(2)24-30(27)29-22-20-26(3,4)5/h2,6-24H2,1,3-5H3/q+2. The van der Waals surface area contributed by atoms with Crippen LogP contribution in [0.25, 0.3) is 0 Å². The molecule has 0 aliphatic carbocycles. The van der Waals surface area contributed by atoms with Crippen LogP contribution < -0.4 is 0 Å². The van der Waals surface area contributed by atoms with Crippen molar-refractivity contribution in [1.29, 1.82) is 0 Å². The minimum absolute atomic E-state index is 0.408. The molecule has 0 amide bonds. The third-order valence-corrected chi connectivity index (χ3v) is 6.47. The number of nitrogens with zero attached hydrogens (tertiary/aromatic N) is 1. The zero-order valence-electron chi connectivity index (χ0n) is 20.8. The summed E-state index contributed by atoms with van der Waals surface area (Å²) in [6.45, 7) is 8.89. The predicted molar refractivity (Wildman–Crippen MR) is 132 cm³/mol. The average Bonchev–Trinajstić information content (AvgIpc) is 2.66. The second-order valence-electron chi connectivity index (χ2n) is 9.74. The molecule has 0 spiro atoms. The minimum atomic E-state index is -1.66. The zero-order chi connectivity index (χ0) is 22.5. The summed E-state index contributed by atoms with van der Waals surface area (Å²) in [5.74, 6) is 0. The van der Waals surface area contributed by atoms with Crippen LogP contribution in [-0.4, -0.2) is 58.2 Å². The monoisotopic (exact) mass is 445 g/mol. The molecule has 0 aliphatic heterocycles. The first-order valence-electron chi connectivity index (χ1n) is 12.5. The van der Waals surface area contributed by atoms with Gasteiger partial charge in [-0.15, -0.1) is 4.52 Å². The van der Waals surface area contributed by atoms with E-state index in [-0.39, 0.29) is 0 Å². The normalized spacial score (nSPS) is 12.3. The lowest BCUT2D eigenvalue weighted by molar-refractivity contribution is -0.870. The van der Waals surface area contributed by atoms with Gasteiger partial charge in [0.25, 0.3) is 0 Å². The van der Waals surface area contributed by atoms with Crippen molar-refractivity contribution in [3.05, 3.63) is 12.2 Å². The van der Waals surface area contributed by atoms with Gasteiger partial charge in [-0.2, -0.15) is 0 Å². The van der Waals surface area contributed by atoms with Crippen molar-refractivity contribution < 1.29 is 18.3 Å². The van der Waals surface area contributed by atoms with Gasteiger partial charge in [0.15, 0.2) is 6.61 Å². The van der Waals surface area contributed by atoms with Crippen LogP contribution >= 0.6 is 8.03 Å². The van der Waals surface area contributed by atoms with Gasteiger partial charge < -0.3 is 9.22 Å². The highest BCUT2D eigenvalue weighted by Crippen LogP contribution is 2.24. The molecular weight excluding hydrogens is 393 g/mol. The Hall–Kier alpha value is -0.280. The van der Waals surface area contributed by atoms with E-state index < -0.39 is 8.03 Å². The predicted octanol–water partition coefficient (Wildman–Crippen LogP) is 7.51. The smallest absolute Gasteiger partial charge is 0.377 e. The van der Waals surface area contributed by atoms with Crippen molar-refractivity contribution >= 4 is 8.03 Å². The van der Waals surface area contributed by atoms with Gasteiger partial charge in [-0.1, -0.05) is 97.0 Å². The van der Waals surface area contributed by atoms with Gasteiger partial charge in [-0.05, 0) is 16.6 Å². The van der Waals surface area contributed by atoms with Crippen molar-refractivity contribution in [3.8, 4) is 0 Å². The largest absolute Gasteiger partial charge is 0.512 e. The molecule has 0 bridgehead atoms. The number of likely N-dealkylation sites (N-methyl/N-ethyl adjacent to an activating group) is 1. The SMILES string of the molecule is C=C(COCCCCCCCCCCCCCCCC)C[P+](=O)OCC[N+](C)(C)C. The van der Waals surface area contributed by atoms with Crippen molar-refractivity contribution in [2.45, 2.75) is 96.8 Å². The first-order valence-corrected chi connectivity index (χ1v) is 13.8. The molecule has 0 rings (SSSR count). The van der Waals surface area contributed by atoms with Crippen molar-refractivity contribution in [2.24, 2.45) is 0 Å². The van der Waals surface area contributed by atoms with Crippen LogP contribution in [0.3, 0.4) is 0 Å². The van der Waals surface area contributed by atoms with Gasteiger partial charge in [-0.25, -0.2) is 0 Å². The summed E-state index contributed by atoms with van der Waals surface area (Å²) in [7, 11) is 4.64. The van der Waals surface area contributed by atoms with E-state index in [0.29, 0.717) is 19.4 Å². The maximum absolute atomic E-state index is 11.9. The summed E-state index contributed by atoms with van der Waals surface area (Å²) < 4.78 is 23.8. The lowest BCUT2D eigenvalue weighted by atomic mass is 10.0. The molecular formula is C25H52NO3P+2. The Morgan fingerprint density at radius 1 is 0.767 bits per heavy atom. The van der Waals surface area contributed by atoms with Crippen molar-refractivity contribution in [2.75, 3.05) is 53.7 Å². The van der Waals surface area contributed by atoms with Crippen LogP contribution in [0.15, 0.2) is 12.2 Å². The highest BCUT2D eigenvalue weighted by atomic mass is 31.1. The summed E-state index contributed by atoms with van der Waals surface area (Å²) in [4.78, 5) is 0. The first kappa shape index (κ1) is 29.7. The summed E-state index contributed by atoms with van der Waals surface area (Å²) in [6, 6.07) is 0. The van der Waals surface area contributed by atoms with Gasteiger partial charge in [-0.3, -0.25) is 0 Å². The molecule has 0 aliphatic rings. The molecule has 0 saturated carbocycles. The third kappa shape index (κ3) is 24.0.